The van der Waals surface area contributed by atoms with E-state index in [0.717, 1.165) is 26.2 Å². The molecule has 0 N–H and O–H groups in total. The van der Waals surface area contributed by atoms with Gasteiger partial charge in [-0.2, -0.15) is 0 Å². The Labute approximate surface area is 105 Å². The summed E-state index contributed by atoms with van der Waals surface area (Å²) in [6.07, 6.45) is 2.78. The molecule has 0 radical (unpaired) electrons. The largest absolute Gasteiger partial charge is 0.297 e. The summed E-state index contributed by atoms with van der Waals surface area (Å²) in [7, 11) is 0. The number of thiophene rings is 1. The Morgan fingerprint density at radius 2 is 2.18 bits per heavy atom. The fraction of sp³-hybridized carbons (Fsp3) is 0. The molecule has 17 heavy (non-hydrogen) atoms. The van der Waals surface area contributed by atoms with Crippen molar-refractivity contribution in [1.29, 1.82) is 0 Å². The van der Waals surface area contributed by atoms with E-state index in [0.29, 0.717) is 0 Å². The van der Waals surface area contributed by atoms with Crippen molar-refractivity contribution in [3.8, 4) is 0 Å². The van der Waals surface area contributed by atoms with Crippen LogP contribution < -0.4 is 0 Å². The Bertz CT molecular complexity index is 674. The van der Waals surface area contributed by atoms with E-state index in [2.05, 4.69) is 10.2 Å². The maximum Gasteiger partial charge on any atom is 0.201 e. The van der Waals surface area contributed by atoms with Crippen molar-refractivity contribution in [3.63, 3.8) is 0 Å². The van der Waals surface area contributed by atoms with Gasteiger partial charge < -0.3 is 0 Å². The Morgan fingerprint density at radius 3 is 3.00 bits per heavy atom. The van der Waals surface area contributed by atoms with Gasteiger partial charge in [0.2, 0.25) is 5.16 Å². The number of rotatable bonds is 3. The fourth-order valence-corrected chi connectivity index (χ4v) is 3.31. The molecule has 0 bridgehead atoms. The monoisotopic (exact) mass is 261 g/mol. The average molecular weight is 261 g/mol. The van der Waals surface area contributed by atoms with Crippen LogP contribution in [0.5, 0.6) is 0 Å². The molecule has 0 saturated heterocycles. The van der Waals surface area contributed by atoms with Crippen molar-refractivity contribution in [1.82, 2.24) is 14.6 Å². The van der Waals surface area contributed by atoms with Gasteiger partial charge in [0.1, 0.15) is 0 Å². The SMILES string of the molecule is O=Cc1ccc(Sc2nnc3ccccn23)s1. The second-order valence-corrected chi connectivity index (χ2v) is 5.67. The van der Waals surface area contributed by atoms with E-state index in [1.807, 2.05) is 40.9 Å². The molecule has 0 fully saturated rings. The first kappa shape index (κ1) is 10.5. The Balaban J connectivity index is 1.96. The number of fused-ring (bicyclic) bond motifs is 1. The fourth-order valence-electron chi connectivity index (χ4n) is 1.43. The lowest BCUT2D eigenvalue weighted by atomic mass is 10.5. The van der Waals surface area contributed by atoms with Crippen LogP contribution in [0.4, 0.5) is 0 Å². The topological polar surface area (TPSA) is 47.3 Å². The number of hydrogen-bond donors (Lipinski definition) is 0. The highest BCUT2D eigenvalue weighted by Gasteiger charge is 2.08. The second kappa shape index (κ2) is 4.31. The lowest BCUT2D eigenvalue weighted by Crippen LogP contribution is -1.84. The van der Waals surface area contributed by atoms with Crippen LogP contribution in [0.2, 0.25) is 0 Å². The van der Waals surface area contributed by atoms with E-state index < -0.39 is 0 Å². The van der Waals surface area contributed by atoms with Gasteiger partial charge in [-0.15, -0.1) is 21.5 Å². The number of nitrogens with zero attached hydrogens (tertiary/aromatic N) is 3. The van der Waals surface area contributed by atoms with Gasteiger partial charge in [0.05, 0.1) is 9.09 Å². The van der Waals surface area contributed by atoms with Crippen molar-refractivity contribution in [2.24, 2.45) is 0 Å². The van der Waals surface area contributed by atoms with E-state index in [9.17, 15) is 4.79 Å². The van der Waals surface area contributed by atoms with Crippen LogP contribution in [0.1, 0.15) is 9.67 Å². The van der Waals surface area contributed by atoms with Gasteiger partial charge in [0.25, 0.3) is 0 Å². The molecule has 0 unspecified atom stereocenters. The van der Waals surface area contributed by atoms with Crippen LogP contribution in [-0.2, 0) is 0 Å². The number of hydrogen-bond acceptors (Lipinski definition) is 5. The Kier molecular flexibility index (Phi) is 2.66. The van der Waals surface area contributed by atoms with Crippen LogP contribution in [0.3, 0.4) is 0 Å². The second-order valence-electron chi connectivity index (χ2n) is 3.29. The molecule has 3 aromatic heterocycles. The molecular weight excluding hydrogens is 254 g/mol. The van der Waals surface area contributed by atoms with E-state index in [1.165, 1.54) is 23.1 Å². The third-order valence-corrected chi connectivity index (χ3v) is 4.30. The Morgan fingerprint density at radius 1 is 1.24 bits per heavy atom. The summed E-state index contributed by atoms with van der Waals surface area (Å²) in [6.45, 7) is 0. The zero-order valence-corrected chi connectivity index (χ0v) is 10.2. The van der Waals surface area contributed by atoms with Crippen LogP contribution in [0, 0.1) is 0 Å². The van der Waals surface area contributed by atoms with Gasteiger partial charge in [0, 0.05) is 6.20 Å². The predicted molar refractivity (Wildman–Crippen MR) is 66.8 cm³/mol. The summed E-state index contributed by atoms with van der Waals surface area (Å²) in [5.41, 5.74) is 0.821. The lowest BCUT2D eigenvalue weighted by molar-refractivity contribution is 0.112. The van der Waals surface area contributed by atoms with Gasteiger partial charge in [0.15, 0.2) is 11.9 Å². The van der Waals surface area contributed by atoms with Crippen LogP contribution in [0.25, 0.3) is 5.65 Å². The molecule has 0 aliphatic heterocycles. The molecule has 0 atom stereocenters. The molecule has 84 valence electrons. The standard InChI is InChI=1S/C11H7N3OS2/c15-7-8-4-5-10(16-8)17-11-13-12-9-3-1-2-6-14(9)11/h1-7H. The van der Waals surface area contributed by atoms with E-state index in [-0.39, 0.29) is 0 Å². The van der Waals surface area contributed by atoms with Crippen molar-refractivity contribution < 1.29 is 4.79 Å². The van der Waals surface area contributed by atoms with E-state index >= 15 is 0 Å². The number of carbonyl (C=O) groups excluding carboxylic acids is 1. The summed E-state index contributed by atoms with van der Waals surface area (Å²) < 4.78 is 2.95. The van der Waals surface area contributed by atoms with Crippen molar-refractivity contribution in [3.05, 3.63) is 41.4 Å². The van der Waals surface area contributed by atoms with Gasteiger partial charge in [-0.25, -0.2) is 0 Å². The van der Waals surface area contributed by atoms with Crippen molar-refractivity contribution in [2.75, 3.05) is 0 Å². The molecule has 4 nitrogen and oxygen atoms in total. The molecule has 0 aromatic carbocycles. The first-order chi connectivity index (χ1) is 8.36. The minimum atomic E-state index is 0.723. The molecule has 0 aliphatic rings. The molecular formula is C11H7N3OS2. The lowest BCUT2D eigenvalue weighted by Gasteiger charge is -1.95. The van der Waals surface area contributed by atoms with Crippen LogP contribution in [-0.4, -0.2) is 20.9 Å². The third kappa shape index (κ3) is 1.96. The molecule has 3 aromatic rings. The number of aldehydes is 1. The minimum Gasteiger partial charge on any atom is -0.297 e. The zero-order chi connectivity index (χ0) is 11.7. The van der Waals surface area contributed by atoms with Gasteiger partial charge in [-0.1, -0.05) is 6.07 Å². The first-order valence-corrected chi connectivity index (χ1v) is 6.53. The summed E-state index contributed by atoms with van der Waals surface area (Å²) in [5.74, 6) is 0. The summed E-state index contributed by atoms with van der Waals surface area (Å²) in [6, 6.07) is 9.49. The van der Waals surface area contributed by atoms with Gasteiger partial charge in [-0.3, -0.25) is 9.20 Å². The van der Waals surface area contributed by atoms with Crippen LogP contribution >= 0.6 is 23.1 Å². The van der Waals surface area contributed by atoms with E-state index in [1.54, 1.807) is 0 Å². The van der Waals surface area contributed by atoms with Crippen molar-refractivity contribution in [2.45, 2.75) is 9.37 Å². The highest BCUT2D eigenvalue weighted by Crippen LogP contribution is 2.31. The average Bonchev–Trinajstić information content (AvgIpc) is 2.97. The maximum atomic E-state index is 10.6. The van der Waals surface area contributed by atoms with Gasteiger partial charge >= 0.3 is 0 Å². The molecule has 3 heterocycles. The molecule has 0 spiro atoms. The van der Waals surface area contributed by atoms with Crippen molar-refractivity contribution >= 4 is 35.0 Å². The molecule has 0 aliphatic carbocycles. The first-order valence-electron chi connectivity index (χ1n) is 4.89. The number of aromatic nitrogens is 3. The predicted octanol–water partition coefficient (Wildman–Crippen LogP) is 2.75. The smallest absolute Gasteiger partial charge is 0.201 e. The maximum absolute atomic E-state index is 10.6. The Hall–Kier alpha value is -1.66. The summed E-state index contributed by atoms with van der Waals surface area (Å²) in [5, 5.41) is 8.99. The van der Waals surface area contributed by atoms with Gasteiger partial charge in [-0.05, 0) is 36.0 Å². The molecule has 6 heteroatoms. The van der Waals surface area contributed by atoms with Crippen LogP contribution in [0.15, 0.2) is 45.9 Å². The minimum absolute atomic E-state index is 0.723. The molecule has 0 amide bonds. The normalized spacial score (nSPS) is 10.8. The zero-order valence-electron chi connectivity index (χ0n) is 8.61. The number of pyridine rings is 1. The molecule has 0 saturated carbocycles. The highest BCUT2D eigenvalue weighted by molar-refractivity contribution is 8.01. The summed E-state index contributed by atoms with van der Waals surface area (Å²) in [4.78, 5) is 11.3. The number of carbonyl (C=O) groups is 1. The summed E-state index contributed by atoms with van der Waals surface area (Å²) >= 11 is 2.96. The quantitative estimate of drug-likeness (QED) is 0.680. The molecule has 3 rings (SSSR count). The highest BCUT2D eigenvalue weighted by atomic mass is 32.2. The van der Waals surface area contributed by atoms with E-state index in [4.69, 9.17) is 0 Å². The third-order valence-electron chi connectivity index (χ3n) is 2.19.